The van der Waals surface area contributed by atoms with Crippen LogP contribution in [-0.2, 0) is 0 Å². The fraction of sp³-hybridized carbons (Fsp3) is 0.438. The number of non-ortho nitro benzene ring substituents is 1. The number of benzene rings is 1. The highest BCUT2D eigenvalue weighted by molar-refractivity contribution is 6.07. The van der Waals surface area contributed by atoms with Crippen LogP contribution in [0.25, 0.3) is 10.9 Å². The summed E-state index contributed by atoms with van der Waals surface area (Å²) in [6.45, 7) is 0.707. The lowest BCUT2D eigenvalue weighted by Gasteiger charge is -2.35. The summed E-state index contributed by atoms with van der Waals surface area (Å²) in [5.74, 6) is -0.130. The molecule has 2 aromatic rings. The van der Waals surface area contributed by atoms with Crippen LogP contribution in [-0.4, -0.2) is 45.0 Å². The third kappa shape index (κ3) is 2.92. The number of amides is 1. The molecule has 1 aromatic heterocycles. The van der Waals surface area contributed by atoms with Gasteiger partial charge in [-0.15, -0.1) is 0 Å². The number of hydrogen-bond acceptors (Lipinski definition) is 4. The summed E-state index contributed by atoms with van der Waals surface area (Å²) in [6, 6.07) is 4.50. The van der Waals surface area contributed by atoms with E-state index in [-0.39, 0.29) is 24.2 Å². The van der Waals surface area contributed by atoms with Crippen molar-refractivity contribution >= 4 is 22.5 Å². The van der Waals surface area contributed by atoms with E-state index in [0.29, 0.717) is 29.4 Å². The van der Waals surface area contributed by atoms with Crippen LogP contribution in [0, 0.1) is 10.1 Å². The quantitative estimate of drug-likeness (QED) is 0.668. The number of aromatic amines is 1. The van der Waals surface area contributed by atoms with Gasteiger partial charge in [0.05, 0.1) is 10.5 Å². The third-order valence-corrected chi connectivity index (χ3v) is 4.46. The molecule has 23 heavy (non-hydrogen) atoms. The first kappa shape index (κ1) is 15.5. The highest BCUT2D eigenvalue weighted by Gasteiger charge is 2.28. The van der Waals surface area contributed by atoms with E-state index < -0.39 is 4.92 Å². The second-order valence-electron chi connectivity index (χ2n) is 5.85. The van der Waals surface area contributed by atoms with Crippen molar-refractivity contribution in [1.29, 1.82) is 0 Å². The minimum atomic E-state index is -0.462. The number of rotatable bonds is 4. The van der Waals surface area contributed by atoms with E-state index in [2.05, 4.69) is 4.98 Å². The molecule has 1 aromatic carbocycles. The van der Waals surface area contributed by atoms with Gasteiger partial charge in [0.2, 0.25) is 0 Å². The van der Waals surface area contributed by atoms with Crippen LogP contribution in [0.5, 0.6) is 0 Å². The Hall–Kier alpha value is -2.41. The van der Waals surface area contributed by atoms with Crippen LogP contribution < -0.4 is 0 Å². The average molecular weight is 317 g/mol. The predicted molar refractivity (Wildman–Crippen MR) is 85.3 cm³/mol. The molecule has 0 radical (unpaired) electrons. The van der Waals surface area contributed by atoms with Crippen molar-refractivity contribution in [3.63, 3.8) is 0 Å². The summed E-state index contributed by atoms with van der Waals surface area (Å²) < 4.78 is 0. The first-order valence-electron chi connectivity index (χ1n) is 7.79. The molecule has 1 atom stereocenters. The molecule has 1 fully saturated rings. The van der Waals surface area contributed by atoms with Crippen LogP contribution in [0.3, 0.4) is 0 Å². The van der Waals surface area contributed by atoms with E-state index in [1.165, 1.54) is 12.1 Å². The molecule has 0 aliphatic carbocycles. The average Bonchev–Trinajstić information content (AvgIpc) is 2.98. The van der Waals surface area contributed by atoms with Crippen molar-refractivity contribution in [2.24, 2.45) is 0 Å². The number of piperidine rings is 1. The van der Waals surface area contributed by atoms with Gasteiger partial charge in [0, 0.05) is 48.4 Å². The van der Waals surface area contributed by atoms with Crippen molar-refractivity contribution in [1.82, 2.24) is 9.88 Å². The number of nitrogens with one attached hydrogen (secondary N) is 1. The summed E-state index contributed by atoms with van der Waals surface area (Å²) in [5.41, 5.74) is 1.12. The number of carbonyl (C=O) groups is 1. The smallest absolute Gasteiger partial charge is 0.270 e. The monoisotopic (exact) mass is 317 g/mol. The maximum atomic E-state index is 12.9. The highest BCUT2D eigenvalue weighted by Crippen LogP contribution is 2.27. The molecule has 1 unspecified atom stereocenters. The number of likely N-dealkylation sites (tertiary alicyclic amines) is 1. The van der Waals surface area contributed by atoms with Gasteiger partial charge in [0.15, 0.2) is 0 Å². The van der Waals surface area contributed by atoms with Crippen molar-refractivity contribution in [3.8, 4) is 0 Å². The normalized spacial score (nSPS) is 18.3. The first-order valence-corrected chi connectivity index (χ1v) is 7.79. The van der Waals surface area contributed by atoms with Gasteiger partial charge in [-0.05, 0) is 31.7 Å². The molecule has 0 bridgehead atoms. The van der Waals surface area contributed by atoms with Crippen molar-refractivity contribution in [2.45, 2.75) is 31.7 Å². The minimum absolute atomic E-state index is 0.0308. The van der Waals surface area contributed by atoms with E-state index in [0.717, 1.165) is 19.3 Å². The fourth-order valence-electron chi connectivity index (χ4n) is 3.27. The Morgan fingerprint density at radius 3 is 3.00 bits per heavy atom. The molecule has 2 N–H and O–H groups in total. The lowest BCUT2D eigenvalue weighted by Crippen LogP contribution is -2.44. The number of nitro groups is 1. The van der Waals surface area contributed by atoms with Gasteiger partial charge in [-0.25, -0.2) is 0 Å². The molecular weight excluding hydrogens is 298 g/mol. The second kappa shape index (κ2) is 6.37. The SMILES string of the molecule is O=C(c1c[nH]c2ccc([N+](=O)[O-])cc12)N1CCCCC1CCO. The van der Waals surface area contributed by atoms with Gasteiger partial charge >= 0.3 is 0 Å². The Kier molecular flexibility index (Phi) is 4.29. The van der Waals surface area contributed by atoms with Gasteiger partial charge in [-0.2, -0.15) is 0 Å². The maximum absolute atomic E-state index is 12.9. The molecule has 3 rings (SSSR count). The number of fused-ring (bicyclic) bond motifs is 1. The Morgan fingerprint density at radius 1 is 1.43 bits per heavy atom. The Balaban J connectivity index is 1.96. The number of aliphatic hydroxyl groups excluding tert-OH is 1. The second-order valence-corrected chi connectivity index (χ2v) is 5.85. The highest BCUT2D eigenvalue weighted by atomic mass is 16.6. The lowest BCUT2D eigenvalue weighted by atomic mass is 9.98. The third-order valence-electron chi connectivity index (χ3n) is 4.46. The molecule has 1 aliphatic rings. The number of nitrogens with zero attached hydrogens (tertiary/aromatic N) is 2. The number of aliphatic hydroxyl groups is 1. The number of carbonyl (C=O) groups excluding carboxylic acids is 1. The molecule has 122 valence electrons. The Morgan fingerprint density at radius 2 is 2.26 bits per heavy atom. The molecule has 0 spiro atoms. The van der Waals surface area contributed by atoms with E-state index in [1.807, 2.05) is 0 Å². The molecule has 1 saturated heterocycles. The predicted octanol–water partition coefficient (Wildman–Crippen LogP) is 2.45. The largest absolute Gasteiger partial charge is 0.396 e. The minimum Gasteiger partial charge on any atom is -0.396 e. The lowest BCUT2D eigenvalue weighted by molar-refractivity contribution is -0.384. The fourth-order valence-corrected chi connectivity index (χ4v) is 3.27. The molecule has 7 nitrogen and oxygen atoms in total. The van der Waals surface area contributed by atoms with E-state index >= 15 is 0 Å². The standard InChI is InChI=1S/C16H19N3O4/c20-8-6-11-3-1-2-7-18(11)16(21)14-10-17-15-5-4-12(19(22)23)9-13(14)15/h4-5,9-11,17,20H,1-3,6-8H2. The maximum Gasteiger partial charge on any atom is 0.270 e. The zero-order valence-corrected chi connectivity index (χ0v) is 12.7. The first-order chi connectivity index (χ1) is 11.1. The van der Waals surface area contributed by atoms with Gasteiger partial charge in [-0.3, -0.25) is 14.9 Å². The molecule has 0 saturated carbocycles. The summed E-state index contributed by atoms with van der Waals surface area (Å²) in [5, 5.41) is 20.7. The van der Waals surface area contributed by atoms with Crippen LogP contribution >= 0.6 is 0 Å². The van der Waals surface area contributed by atoms with Crippen molar-refractivity contribution < 1.29 is 14.8 Å². The Labute approximate surface area is 133 Å². The molecule has 1 amide bonds. The topological polar surface area (TPSA) is 99.5 Å². The number of aromatic nitrogens is 1. The zero-order valence-electron chi connectivity index (χ0n) is 12.7. The van der Waals surface area contributed by atoms with Crippen LogP contribution in [0.2, 0.25) is 0 Å². The number of nitro benzene ring substituents is 1. The van der Waals surface area contributed by atoms with Crippen LogP contribution in [0.15, 0.2) is 24.4 Å². The van der Waals surface area contributed by atoms with Gasteiger partial charge in [-0.1, -0.05) is 0 Å². The van der Waals surface area contributed by atoms with E-state index in [1.54, 1.807) is 17.2 Å². The Bertz CT molecular complexity index is 738. The zero-order chi connectivity index (χ0) is 16.4. The van der Waals surface area contributed by atoms with E-state index in [4.69, 9.17) is 0 Å². The number of H-pyrrole nitrogens is 1. The van der Waals surface area contributed by atoms with Crippen molar-refractivity contribution in [3.05, 3.63) is 40.1 Å². The molecular formula is C16H19N3O4. The van der Waals surface area contributed by atoms with Gasteiger partial charge < -0.3 is 15.0 Å². The molecule has 7 heteroatoms. The van der Waals surface area contributed by atoms with Crippen LogP contribution in [0.4, 0.5) is 5.69 Å². The summed E-state index contributed by atoms with van der Waals surface area (Å²) >= 11 is 0. The van der Waals surface area contributed by atoms with Gasteiger partial charge in [0.25, 0.3) is 11.6 Å². The van der Waals surface area contributed by atoms with Gasteiger partial charge in [0.1, 0.15) is 0 Å². The number of hydrogen-bond donors (Lipinski definition) is 2. The summed E-state index contributed by atoms with van der Waals surface area (Å²) in [7, 11) is 0. The van der Waals surface area contributed by atoms with Crippen LogP contribution in [0.1, 0.15) is 36.0 Å². The van der Waals surface area contributed by atoms with Crippen molar-refractivity contribution in [2.75, 3.05) is 13.2 Å². The summed E-state index contributed by atoms with van der Waals surface area (Å²) in [4.78, 5) is 28.2. The van der Waals surface area contributed by atoms with E-state index in [9.17, 15) is 20.0 Å². The molecule has 2 heterocycles. The summed E-state index contributed by atoms with van der Waals surface area (Å²) in [6.07, 6.45) is 5.05. The molecule has 1 aliphatic heterocycles.